The minimum Gasteiger partial charge on any atom is -0.478 e. The van der Waals surface area contributed by atoms with E-state index in [0.717, 1.165) is 26.6 Å². The lowest BCUT2D eigenvalue weighted by molar-refractivity contribution is 0.0598. The minimum absolute atomic E-state index is 0.0101. The summed E-state index contributed by atoms with van der Waals surface area (Å²) < 4.78 is 71.5. The van der Waals surface area contributed by atoms with Gasteiger partial charge in [0.2, 0.25) is 0 Å². The molecule has 4 aromatic carbocycles. The van der Waals surface area contributed by atoms with Crippen LogP contribution in [0.1, 0.15) is 43.0 Å². The fourth-order valence-electron chi connectivity index (χ4n) is 4.39. The molecule has 0 fully saturated rings. The molecule has 0 atom stereocenters. The second-order valence-corrected chi connectivity index (χ2v) is 13.4. The maximum absolute atomic E-state index is 14.7. The predicted octanol–water partition coefficient (Wildman–Crippen LogP) is 7.81. The van der Waals surface area contributed by atoms with Crippen molar-refractivity contribution in [1.29, 1.82) is 0 Å². The Balaban J connectivity index is 0.000000178. The van der Waals surface area contributed by atoms with Gasteiger partial charge in [-0.15, -0.1) is 10.2 Å². The van der Waals surface area contributed by atoms with Crippen LogP contribution in [0, 0.1) is 30.4 Å². The number of rotatable bonds is 6. The van der Waals surface area contributed by atoms with Gasteiger partial charge in [-0.05, 0) is 116 Å². The van der Waals surface area contributed by atoms with Crippen LogP contribution in [0.25, 0.3) is 20.4 Å². The lowest BCUT2D eigenvalue weighted by Gasteiger charge is -2.10. The summed E-state index contributed by atoms with van der Waals surface area (Å²) in [5.74, 6) is -4.34. The monoisotopic (exact) mass is 878 g/mol. The third kappa shape index (κ3) is 7.07. The number of nitrogens with zero attached hydrogens (tertiary/aromatic N) is 4. The van der Waals surface area contributed by atoms with Crippen molar-refractivity contribution in [3.05, 3.63) is 112 Å². The quantitative estimate of drug-likeness (QED) is 0.102. The first-order chi connectivity index (χ1) is 21.5. The molecule has 0 saturated carbocycles. The van der Waals surface area contributed by atoms with Crippen molar-refractivity contribution in [2.75, 3.05) is 7.11 Å². The van der Waals surface area contributed by atoms with Crippen LogP contribution in [0.15, 0.2) is 48.5 Å². The van der Waals surface area contributed by atoms with Gasteiger partial charge in [-0.25, -0.2) is 27.2 Å². The van der Waals surface area contributed by atoms with Crippen LogP contribution in [0.2, 0.25) is 0 Å². The van der Waals surface area contributed by atoms with Crippen molar-refractivity contribution in [2.45, 2.75) is 12.8 Å². The van der Waals surface area contributed by atoms with Gasteiger partial charge in [0.1, 0.15) is 22.7 Å². The van der Waals surface area contributed by atoms with Gasteiger partial charge in [0.05, 0.1) is 27.6 Å². The number of benzene rings is 4. The van der Waals surface area contributed by atoms with Crippen LogP contribution in [0.5, 0.6) is 0 Å². The minimum atomic E-state index is -1.27. The number of ether oxygens (including phenoxy) is 1. The molecule has 0 aliphatic rings. The number of hydrogen-bond donors (Lipinski definition) is 1. The second kappa shape index (κ2) is 14.0. The molecule has 6 aromatic rings. The Kier molecular flexibility index (Phi) is 10.2. The summed E-state index contributed by atoms with van der Waals surface area (Å²) in [5, 5.41) is 16.7. The van der Waals surface area contributed by atoms with Crippen molar-refractivity contribution < 1.29 is 37.0 Å². The molecule has 0 spiro atoms. The zero-order valence-electron chi connectivity index (χ0n) is 22.6. The molecule has 0 unspecified atom stereocenters. The molecule has 0 bridgehead atoms. The topological polar surface area (TPSA) is 115 Å². The molecular formula is C29H16F4I2N4O4S2. The van der Waals surface area contributed by atoms with Crippen LogP contribution >= 0.6 is 68.2 Å². The van der Waals surface area contributed by atoms with E-state index in [2.05, 4.69) is 19.2 Å². The number of carbonyl (C=O) groups is 2. The Morgan fingerprint density at radius 1 is 0.756 bits per heavy atom. The SMILES string of the molecule is COC(=O)c1cc2snnc2c(F)c1Cc1ccc(I)cc1F.O=C(O)c1cc2snnc2c(F)c1Cc1ccc(I)cc1F. The standard InChI is InChI=1S/C15H9F2IN2O2S.C14H7F2IN2O2S/c1-22-15(21)10-6-12-14(19-20-23-12)13(17)9(10)4-7-2-3-8(18)5-11(7)16;15-10-4-7(17)2-1-6(10)3-8-9(14(20)21)5-11-13(12(8)16)18-19-22-11/h2-3,5-6H,4H2,1H3;1-2,4-5H,3H2,(H,20,21). The lowest BCUT2D eigenvalue weighted by atomic mass is 9.98. The lowest BCUT2D eigenvalue weighted by Crippen LogP contribution is -2.09. The van der Waals surface area contributed by atoms with Crippen molar-refractivity contribution >= 4 is 101 Å². The normalized spacial score (nSPS) is 11.0. The molecule has 0 radical (unpaired) electrons. The summed E-state index contributed by atoms with van der Waals surface area (Å²) in [6.45, 7) is 0. The Bertz CT molecular complexity index is 2110. The van der Waals surface area contributed by atoms with Gasteiger partial charge < -0.3 is 9.84 Å². The number of carbonyl (C=O) groups excluding carboxylic acids is 1. The summed E-state index contributed by atoms with van der Waals surface area (Å²) >= 11 is 5.84. The Morgan fingerprint density at radius 3 is 1.62 bits per heavy atom. The maximum Gasteiger partial charge on any atom is 0.338 e. The Labute approximate surface area is 287 Å². The fraction of sp³-hybridized carbons (Fsp3) is 0.103. The van der Waals surface area contributed by atoms with Crippen LogP contribution < -0.4 is 0 Å². The first-order valence-corrected chi connectivity index (χ1v) is 16.2. The summed E-state index contributed by atoms with van der Waals surface area (Å²) in [6, 6.07) is 12.0. The van der Waals surface area contributed by atoms with Crippen molar-refractivity contribution in [3.8, 4) is 0 Å². The molecule has 6 rings (SSSR count). The average Bonchev–Trinajstić information content (AvgIpc) is 3.68. The number of carboxylic acids is 1. The first kappa shape index (κ1) is 33.0. The maximum atomic E-state index is 14.7. The van der Waals surface area contributed by atoms with Crippen molar-refractivity contribution in [3.63, 3.8) is 0 Å². The van der Waals surface area contributed by atoms with E-state index in [1.165, 1.54) is 37.4 Å². The summed E-state index contributed by atoms with van der Waals surface area (Å²) in [7, 11) is 1.21. The summed E-state index contributed by atoms with van der Waals surface area (Å²) in [4.78, 5) is 23.3. The number of carboxylic acid groups (broad SMARTS) is 1. The number of halogens is 6. The molecule has 230 valence electrons. The van der Waals surface area contributed by atoms with Crippen LogP contribution in [-0.4, -0.2) is 43.3 Å². The molecule has 2 aromatic heterocycles. The van der Waals surface area contributed by atoms with Gasteiger partial charge in [-0.1, -0.05) is 21.1 Å². The third-order valence-electron chi connectivity index (χ3n) is 6.57. The highest BCUT2D eigenvalue weighted by Gasteiger charge is 2.23. The number of esters is 1. The molecule has 0 aliphatic heterocycles. The van der Waals surface area contributed by atoms with Gasteiger partial charge >= 0.3 is 11.9 Å². The van der Waals surface area contributed by atoms with Gasteiger partial charge in [-0.2, -0.15) is 0 Å². The van der Waals surface area contributed by atoms with E-state index in [9.17, 15) is 32.3 Å². The largest absolute Gasteiger partial charge is 0.478 e. The van der Waals surface area contributed by atoms with E-state index in [4.69, 9.17) is 4.74 Å². The van der Waals surface area contributed by atoms with Crippen molar-refractivity contribution in [1.82, 2.24) is 19.2 Å². The van der Waals surface area contributed by atoms with E-state index in [0.29, 0.717) is 13.0 Å². The number of aromatic nitrogens is 4. The molecule has 0 saturated heterocycles. The summed E-state index contributed by atoms with van der Waals surface area (Å²) in [6.07, 6.45) is -0.240. The van der Waals surface area contributed by atoms with E-state index in [-0.39, 0.29) is 57.3 Å². The zero-order chi connectivity index (χ0) is 32.4. The smallest absolute Gasteiger partial charge is 0.338 e. The summed E-state index contributed by atoms with van der Waals surface area (Å²) in [5.41, 5.74) is 0.418. The molecule has 16 heteroatoms. The van der Waals surface area contributed by atoms with Gasteiger partial charge in [0, 0.05) is 31.1 Å². The van der Waals surface area contributed by atoms with Gasteiger partial charge in [-0.3, -0.25) is 0 Å². The number of fused-ring (bicyclic) bond motifs is 2. The molecule has 8 nitrogen and oxygen atoms in total. The molecule has 0 aliphatic carbocycles. The van der Waals surface area contributed by atoms with Gasteiger partial charge in [0.15, 0.2) is 11.6 Å². The Hall–Kier alpha value is -3.36. The first-order valence-electron chi connectivity index (χ1n) is 12.5. The highest BCUT2D eigenvalue weighted by Crippen LogP contribution is 2.30. The van der Waals surface area contributed by atoms with Crippen molar-refractivity contribution in [2.24, 2.45) is 0 Å². The molecule has 45 heavy (non-hydrogen) atoms. The number of aromatic carboxylic acids is 1. The van der Waals surface area contributed by atoms with E-state index < -0.39 is 35.2 Å². The average molecular weight is 878 g/mol. The molecule has 2 heterocycles. The van der Waals surface area contributed by atoms with Crippen LogP contribution in [0.4, 0.5) is 17.6 Å². The highest BCUT2D eigenvalue weighted by atomic mass is 127. The molecule has 0 amide bonds. The fourth-order valence-corrected chi connectivity index (χ4v) is 6.49. The highest BCUT2D eigenvalue weighted by molar-refractivity contribution is 14.1. The van der Waals surface area contributed by atoms with E-state index in [1.54, 1.807) is 18.2 Å². The van der Waals surface area contributed by atoms with Crippen LogP contribution in [-0.2, 0) is 17.6 Å². The second-order valence-electron chi connectivity index (χ2n) is 9.29. The van der Waals surface area contributed by atoms with Crippen LogP contribution in [0.3, 0.4) is 0 Å². The van der Waals surface area contributed by atoms with Gasteiger partial charge in [0.25, 0.3) is 0 Å². The zero-order valence-corrected chi connectivity index (χ0v) is 28.5. The number of methoxy groups -OCH3 is 1. The number of hydrogen-bond acceptors (Lipinski definition) is 9. The Morgan fingerprint density at radius 2 is 1.20 bits per heavy atom. The predicted molar refractivity (Wildman–Crippen MR) is 177 cm³/mol. The third-order valence-corrected chi connectivity index (χ3v) is 9.26. The van der Waals surface area contributed by atoms with E-state index >= 15 is 0 Å². The van der Waals surface area contributed by atoms with E-state index in [1.807, 2.05) is 45.2 Å². The molecular weight excluding hydrogens is 862 g/mol. The molecule has 1 N–H and O–H groups in total.